The summed E-state index contributed by atoms with van der Waals surface area (Å²) in [6.07, 6.45) is 2.08. The number of rotatable bonds is 0. The Bertz CT molecular complexity index is 167. The van der Waals surface area contributed by atoms with Crippen LogP contribution >= 0.6 is 0 Å². The van der Waals surface area contributed by atoms with Crippen LogP contribution < -0.4 is 5.73 Å². The lowest BCUT2D eigenvalue weighted by Crippen LogP contribution is -1.97. The van der Waals surface area contributed by atoms with Crippen LogP contribution in [0.5, 0.6) is 0 Å². The van der Waals surface area contributed by atoms with E-state index < -0.39 is 5.95 Å². The minimum atomic E-state index is -0.833. The number of nitrogens with zero attached hydrogens (tertiary/aromatic N) is 3. The van der Waals surface area contributed by atoms with Crippen LogP contribution in [-0.4, -0.2) is 15.4 Å². The summed E-state index contributed by atoms with van der Waals surface area (Å²) in [4.78, 5) is 0. The van der Waals surface area contributed by atoms with E-state index in [9.17, 15) is 4.39 Å². The zero-order valence-electron chi connectivity index (χ0n) is 3.80. The van der Waals surface area contributed by atoms with Crippen LogP contribution in [0.25, 0.3) is 0 Å². The number of anilines is 1. The molecule has 41 valence electrons. The predicted octanol–water partition coefficient (Wildman–Crippen LogP) is -0.607. The number of halogens is 1. The molecule has 0 atom stereocenters. The van der Waals surface area contributed by atoms with E-state index in [1.54, 1.807) is 0 Å². The highest BCUT2D eigenvalue weighted by Crippen LogP contribution is 1.97. The Morgan fingerprint density at radius 3 is 2.75 bits per heavy atom. The van der Waals surface area contributed by atoms with Gasteiger partial charge in [-0.2, -0.15) is 4.39 Å². The number of aromatic nitrogens is 3. The highest BCUT2D eigenvalue weighted by molar-refractivity contribution is 5.28. The molecule has 0 saturated carbocycles. The summed E-state index contributed by atoms with van der Waals surface area (Å²) in [5.74, 6) is -0.833. The van der Waals surface area contributed by atoms with E-state index in [4.69, 9.17) is 5.73 Å². The molecule has 1 radical (unpaired) electrons. The Morgan fingerprint density at radius 2 is 2.38 bits per heavy atom. The lowest BCUT2D eigenvalue weighted by Gasteiger charge is -1.85. The van der Waals surface area contributed by atoms with E-state index in [1.807, 2.05) is 0 Å². The standard InChI is InChI=1S/C3H2FN4/c4-3-2(5)1-6-8-7-3/h(H2,5,8). The second-order valence-electron chi connectivity index (χ2n) is 1.11. The molecule has 0 aromatic carbocycles. The molecule has 0 fully saturated rings. The lowest BCUT2D eigenvalue weighted by atomic mass is 10.6. The Kier molecular flexibility index (Phi) is 1.03. The van der Waals surface area contributed by atoms with Gasteiger partial charge in [-0.05, 0) is 5.21 Å². The topological polar surface area (TPSA) is 64.7 Å². The van der Waals surface area contributed by atoms with Gasteiger partial charge in [-0.15, -0.1) is 5.10 Å². The molecule has 1 aromatic rings. The van der Waals surface area contributed by atoms with Crippen molar-refractivity contribution < 1.29 is 4.39 Å². The molecular weight excluding hydrogens is 111 g/mol. The molecule has 8 heavy (non-hydrogen) atoms. The summed E-state index contributed by atoms with van der Waals surface area (Å²) in [6, 6.07) is 0. The van der Waals surface area contributed by atoms with Gasteiger partial charge < -0.3 is 5.73 Å². The minimum Gasteiger partial charge on any atom is -0.393 e. The third-order valence-corrected chi connectivity index (χ3v) is 0.570. The number of hydrogen-bond donors (Lipinski definition) is 1. The fraction of sp³-hybridized carbons (Fsp3) is 0. The second kappa shape index (κ2) is 1.69. The van der Waals surface area contributed by atoms with Crippen LogP contribution in [0.4, 0.5) is 10.1 Å². The van der Waals surface area contributed by atoms with Gasteiger partial charge in [0.1, 0.15) is 11.9 Å². The summed E-state index contributed by atoms with van der Waals surface area (Å²) in [7, 11) is 0. The zero-order valence-corrected chi connectivity index (χ0v) is 3.80. The summed E-state index contributed by atoms with van der Waals surface area (Å²) in [6.45, 7) is 0. The monoisotopic (exact) mass is 113 g/mol. The van der Waals surface area contributed by atoms with Crippen molar-refractivity contribution in [3.8, 4) is 0 Å². The highest BCUT2D eigenvalue weighted by atomic mass is 19.1. The molecule has 4 nitrogen and oxygen atoms in total. The van der Waals surface area contributed by atoms with Crippen molar-refractivity contribution in [3.05, 3.63) is 12.1 Å². The van der Waals surface area contributed by atoms with Crippen LogP contribution in [0.15, 0.2) is 0 Å². The van der Waals surface area contributed by atoms with Gasteiger partial charge in [0.15, 0.2) is 0 Å². The van der Waals surface area contributed by atoms with E-state index in [1.165, 1.54) is 0 Å². The van der Waals surface area contributed by atoms with Gasteiger partial charge in [0.2, 0.25) is 0 Å². The Labute approximate surface area is 44.5 Å². The molecule has 2 N–H and O–H groups in total. The minimum absolute atomic E-state index is 0.208. The summed E-state index contributed by atoms with van der Waals surface area (Å²) < 4.78 is 11.9. The van der Waals surface area contributed by atoms with Gasteiger partial charge in [-0.3, -0.25) is 0 Å². The maximum absolute atomic E-state index is 11.9. The van der Waals surface area contributed by atoms with Gasteiger partial charge in [0, 0.05) is 0 Å². The first kappa shape index (κ1) is 4.89. The maximum atomic E-state index is 11.9. The Morgan fingerprint density at radius 1 is 1.62 bits per heavy atom. The molecule has 0 amide bonds. The van der Waals surface area contributed by atoms with E-state index in [2.05, 4.69) is 21.6 Å². The van der Waals surface area contributed by atoms with Crippen molar-refractivity contribution in [1.29, 1.82) is 0 Å². The average Bonchev–Trinajstić information content (AvgIpc) is 1.77. The lowest BCUT2D eigenvalue weighted by molar-refractivity contribution is 0.553. The molecule has 1 rings (SSSR count). The van der Waals surface area contributed by atoms with Gasteiger partial charge in [-0.1, -0.05) is 5.10 Å². The number of nitrogens with two attached hydrogens (primary N) is 1. The summed E-state index contributed by atoms with van der Waals surface area (Å²) >= 11 is 0. The van der Waals surface area contributed by atoms with Crippen molar-refractivity contribution in [3.63, 3.8) is 0 Å². The fourth-order valence-electron chi connectivity index (χ4n) is 0.238. The van der Waals surface area contributed by atoms with Crippen molar-refractivity contribution >= 4 is 5.69 Å². The van der Waals surface area contributed by atoms with Crippen LogP contribution in [0.2, 0.25) is 0 Å². The van der Waals surface area contributed by atoms with Crippen LogP contribution in [0.3, 0.4) is 0 Å². The van der Waals surface area contributed by atoms with Gasteiger partial charge >= 0.3 is 0 Å². The molecule has 1 aromatic heterocycles. The van der Waals surface area contributed by atoms with Gasteiger partial charge in [-0.25, -0.2) is 0 Å². The van der Waals surface area contributed by atoms with Crippen LogP contribution in [0.1, 0.15) is 0 Å². The molecule has 0 bridgehead atoms. The second-order valence-corrected chi connectivity index (χ2v) is 1.11. The first-order valence-electron chi connectivity index (χ1n) is 1.82. The Balaban J connectivity index is 3.13. The van der Waals surface area contributed by atoms with Gasteiger partial charge in [0.25, 0.3) is 5.95 Å². The van der Waals surface area contributed by atoms with Crippen molar-refractivity contribution in [2.24, 2.45) is 0 Å². The van der Waals surface area contributed by atoms with Crippen LogP contribution in [-0.2, 0) is 0 Å². The third-order valence-electron chi connectivity index (χ3n) is 0.570. The van der Waals surface area contributed by atoms with Crippen molar-refractivity contribution in [2.75, 3.05) is 5.73 Å². The van der Waals surface area contributed by atoms with E-state index in [-0.39, 0.29) is 5.69 Å². The molecule has 0 aliphatic heterocycles. The quantitative estimate of drug-likeness (QED) is 0.487. The molecule has 0 unspecified atom stereocenters. The van der Waals surface area contributed by atoms with E-state index in [0.717, 1.165) is 0 Å². The molecule has 0 spiro atoms. The Hall–Kier alpha value is -1.26. The summed E-state index contributed by atoms with van der Waals surface area (Å²) in [5, 5.41) is 8.92. The highest BCUT2D eigenvalue weighted by Gasteiger charge is 1.95. The normalized spacial score (nSPS) is 9.12. The number of nitrogen functional groups attached to an aromatic ring is 1. The number of hydrogen-bond acceptors (Lipinski definition) is 4. The van der Waals surface area contributed by atoms with Crippen molar-refractivity contribution in [2.45, 2.75) is 0 Å². The predicted molar refractivity (Wildman–Crippen MR) is 23.0 cm³/mol. The molecule has 5 heteroatoms. The molecule has 0 saturated heterocycles. The summed E-state index contributed by atoms with van der Waals surface area (Å²) in [5.41, 5.74) is 4.72. The smallest absolute Gasteiger partial charge is 0.260 e. The maximum Gasteiger partial charge on any atom is 0.260 e. The molecular formula is C3H2FN4. The fourth-order valence-corrected chi connectivity index (χ4v) is 0.238. The SMILES string of the molecule is Nc1[c]nnnc1F. The molecule has 0 aliphatic rings. The van der Waals surface area contributed by atoms with Crippen LogP contribution in [0, 0.1) is 12.1 Å². The first-order chi connectivity index (χ1) is 3.80. The largest absolute Gasteiger partial charge is 0.393 e. The zero-order chi connectivity index (χ0) is 5.98. The third kappa shape index (κ3) is 0.699. The molecule has 1 heterocycles. The molecule has 0 aliphatic carbocycles. The van der Waals surface area contributed by atoms with Gasteiger partial charge in [0.05, 0.1) is 0 Å². The van der Waals surface area contributed by atoms with Crippen molar-refractivity contribution in [1.82, 2.24) is 15.4 Å². The van der Waals surface area contributed by atoms with E-state index in [0.29, 0.717) is 0 Å². The first-order valence-corrected chi connectivity index (χ1v) is 1.82. The van der Waals surface area contributed by atoms with E-state index >= 15 is 0 Å². The average molecular weight is 113 g/mol.